The Morgan fingerprint density at radius 2 is 1.79 bits per heavy atom. The van der Waals surface area contributed by atoms with Crippen molar-refractivity contribution in [3.05, 3.63) is 73.1 Å². The van der Waals surface area contributed by atoms with Gasteiger partial charge in [0.1, 0.15) is 17.2 Å². The van der Waals surface area contributed by atoms with E-state index in [0.29, 0.717) is 27.9 Å². The van der Waals surface area contributed by atoms with Gasteiger partial charge in [0.25, 0.3) is 11.2 Å². The van der Waals surface area contributed by atoms with E-state index in [4.69, 9.17) is 25.8 Å². The zero-order valence-electron chi connectivity index (χ0n) is 18.7. The number of benzene rings is 2. The van der Waals surface area contributed by atoms with Crippen molar-refractivity contribution in [2.75, 3.05) is 21.3 Å². The lowest BCUT2D eigenvalue weighted by Crippen LogP contribution is -2.20. The minimum atomic E-state index is -0.572. The third-order valence-electron chi connectivity index (χ3n) is 4.94. The second-order valence-electron chi connectivity index (χ2n) is 6.99. The largest absolute Gasteiger partial charge is 0.495 e. The van der Waals surface area contributed by atoms with E-state index in [9.17, 15) is 19.7 Å². The number of aromatic amines is 1. The van der Waals surface area contributed by atoms with Gasteiger partial charge in [-0.2, -0.15) is 0 Å². The van der Waals surface area contributed by atoms with E-state index < -0.39 is 16.5 Å². The number of aromatic nitrogens is 2. The highest BCUT2D eigenvalue weighted by Crippen LogP contribution is 2.38. The molecule has 0 saturated heterocycles. The number of esters is 1. The summed E-state index contributed by atoms with van der Waals surface area (Å²) in [6.45, 7) is 1.60. The van der Waals surface area contributed by atoms with E-state index in [1.54, 1.807) is 13.0 Å². The highest BCUT2D eigenvalue weighted by atomic mass is 35.5. The smallest absolute Gasteiger partial charge is 0.311 e. The summed E-state index contributed by atoms with van der Waals surface area (Å²) in [5, 5.41) is 14.2. The molecule has 0 aliphatic rings. The molecule has 0 spiro atoms. The van der Waals surface area contributed by atoms with Crippen LogP contribution in [0.2, 0.25) is 5.02 Å². The second kappa shape index (κ2) is 10.2. The number of hydrogen-bond acceptors (Lipinski definition) is 8. The molecule has 2 aromatic carbocycles. The lowest BCUT2D eigenvalue weighted by molar-refractivity contribution is -0.384. The molecule has 11 nitrogen and oxygen atoms in total. The summed E-state index contributed by atoms with van der Waals surface area (Å²) >= 11 is 6.15. The summed E-state index contributed by atoms with van der Waals surface area (Å²) in [6.07, 6.45) is -0.227. The number of H-pyrrole nitrogens is 1. The number of halogens is 1. The summed E-state index contributed by atoms with van der Waals surface area (Å²) in [5.74, 6) is 0.143. The van der Waals surface area contributed by atoms with Crippen LogP contribution in [0.25, 0.3) is 5.69 Å². The van der Waals surface area contributed by atoms with E-state index in [0.717, 1.165) is 0 Å². The number of nitro groups is 1. The van der Waals surface area contributed by atoms with Crippen molar-refractivity contribution in [3.63, 3.8) is 0 Å². The number of nitrogens with one attached hydrogen (secondary N) is 1. The van der Waals surface area contributed by atoms with Crippen LogP contribution in [0, 0.1) is 10.1 Å². The van der Waals surface area contributed by atoms with E-state index in [2.05, 4.69) is 10.1 Å². The number of nitrogens with zero attached hydrogens (tertiary/aromatic N) is 3. The molecule has 0 bridgehead atoms. The number of non-ortho nitro benzene ring substituents is 1. The fourth-order valence-corrected chi connectivity index (χ4v) is 3.50. The molecule has 1 heterocycles. The Labute approximate surface area is 198 Å². The molecule has 1 N–H and O–H groups in total. The van der Waals surface area contributed by atoms with Gasteiger partial charge in [0.15, 0.2) is 0 Å². The molecule has 0 fully saturated rings. The number of carbonyl (C=O) groups excluding carboxylic acids is 1. The Balaban J connectivity index is 2.17. The highest BCUT2D eigenvalue weighted by Gasteiger charge is 2.21. The van der Waals surface area contributed by atoms with Crippen LogP contribution in [0.3, 0.4) is 0 Å². The van der Waals surface area contributed by atoms with Crippen molar-refractivity contribution in [1.29, 1.82) is 0 Å². The lowest BCUT2D eigenvalue weighted by atomic mass is 10.1. The van der Waals surface area contributed by atoms with Crippen molar-refractivity contribution in [2.45, 2.75) is 13.3 Å². The number of rotatable bonds is 8. The van der Waals surface area contributed by atoms with Crippen LogP contribution < -0.4 is 15.0 Å². The molecule has 178 valence electrons. The summed E-state index contributed by atoms with van der Waals surface area (Å²) in [5.41, 5.74) is 0.743. The van der Waals surface area contributed by atoms with Crippen molar-refractivity contribution in [2.24, 2.45) is 4.99 Å². The zero-order valence-corrected chi connectivity index (χ0v) is 19.5. The molecule has 1 aromatic heterocycles. The van der Waals surface area contributed by atoms with Gasteiger partial charge in [0.2, 0.25) is 0 Å². The number of methoxy groups -OCH3 is 3. The maximum atomic E-state index is 13.3. The second-order valence-corrected chi connectivity index (χ2v) is 7.40. The van der Waals surface area contributed by atoms with Gasteiger partial charge in [-0.3, -0.25) is 24.8 Å². The molecule has 0 radical (unpaired) electrons. The highest BCUT2D eigenvalue weighted by molar-refractivity contribution is 6.32. The third kappa shape index (κ3) is 4.94. The van der Waals surface area contributed by atoms with Crippen LogP contribution in [0.5, 0.6) is 11.5 Å². The molecule has 3 aromatic rings. The monoisotopic (exact) mass is 488 g/mol. The SMILES string of the molecule is COC(=O)Cc1[nH]n(-c2ccc([N+](=O)[O-])cc2)c(=O)c1C(C)=Nc1cc(OC)c(Cl)cc1OC. The third-order valence-corrected chi connectivity index (χ3v) is 5.23. The fourth-order valence-electron chi connectivity index (χ4n) is 3.27. The average Bonchev–Trinajstić information content (AvgIpc) is 3.15. The normalized spacial score (nSPS) is 11.3. The molecule has 0 aliphatic carbocycles. The van der Waals surface area contributed by atoms with Crippen molar-refractivity contribution >= 4 is 34.7 Å². The number of hydrogen-bond donors (Lipinski definition) is 1. The number of ether oxygens (including phenoxy) is 3. The Morgan fingerprint density at radius 3 is 2.35 bits per heavy atom. The van der Waals surface area contributed by atoms with Crippen LogP contribution in [0.15, 0.2) is 46.2 Å². The predicted octanol–water partition coefficient (Wildman–Crippen LogP) is 3.60. The van der Waals surface area contributed by atoms with Crippen LogP contribution in [0.1, 0.15) is 18.2 Å². The molecule has 34 heavy (non-hydrogen) atoms. The zero-order chi connectivity index (χ0) is 25.0. The van der Waals surface area contributed by atoms with Crippen LogP contribution >= 0.6 is 11.6 Å². The topological polar surface area (TPSA) is 138 Å². The van der Waals surface area contributed by atoms with Gasteiger partial charge in [-0.15, -0.1) is 0 Å². The lowest BCUT2D eigenvalue weighted by Gasteiger charge is -2.10. The predicted molar refractivity (Wildman–Crippen MR) is 125 cm³/mol. The van der Waals surface area contributed by atoms with Gasteiger partial charge < -0.3 is 14.2 Å². The van der Waals surface area contributed by atoms with Gasteiger partial charge in [-0.25, -0.2) is 9.67 Å². The minimum absolute atomic E-state index is 0.125. The van der Waals surface area contributed by atoms with Gasteiger partial charge in [0.05, 0.1) is 60.4 Å². The Kier molecular flexibility index (Phi) is 7.37. The summed E-state index contributed by atoms with van der Waals surface area (Å²) in [6, 6.07) is 8.48. The molecule has 3 rings (SSSR count). The van der Waals surface area contributed by atoms with Gasteiger partial charge in [-0.05, 0) is 19.1 Å². The Hall–Kier alpha value is -4.12. The number of aliphatic imine (C=N–C) groups is 1. The molecule has 12 heteroatoms. The van der Waals surface area contributed by atoms with Crippen molar-refractivity contribution in [3.8, 4) is 17.2 Å². The van der Waals surface area contributed by atoms with E-state index in [1.807, 2.05) is 0 Å². The first-order valence-electron chi connectivity index (χ1n) is 9.82. The maximum absolute atomic E-state index is 13.3. The fraction of sp³-hybridized carbons (Fsp3) is 0.227. The molecule has 0 aliphatic heterocycles. The van der Waals surface area contributed by atoms with Crippen molar-refractivity contribution < 1.29 is 23.9 Å². The van der Waals surface area contributed by atoms with Crippen LogP contribution in [0.4, 0.5) is 11.4 Å². The Morgan fingerprint density at radius 1 is 1.15 bits per heavy atom. The minimum Gasteiger partial charge on any atom is -0.495 e. The molecular formula is C22H21ClN4O7. The Bertz CT molecular complexity index is 1330. The average molecular weight is 489 g/mol. The van der Waals surface area contributed by atoms with E-state index in [1.165, 1.54) is 56.3 Å². The van der Waals surface area contributed by atoms with Gasteiger partial charge in [-0.1, -0.05) is 11.6 Å². The first kappa shape index (κ1) is 24.5. The quantitative estimate of drug-likeness (QED) is 0.221. The van der Waals surface area contributed by atoms with Crippen LogP contribution in [-0.4, -0.2) is 47.7 Å². The van der Waals surface area contributed by atoms with E-state index >= 15 is 0 Å². The molecule has 0 unspecified atom stereocenters. The van der Waals surface area contributed by atoms with Crippen molar-refractivity contribution in [1.82, 2.24) is 9.78 Å². The van der Waals surface area contributed by atoms with Crippen LogP contribution in [-0.2, 0) is 16.0 Å². The first-order chi connectivity index (χ1) is 16.2. The standard InChI is InChI=1S/C22H21ClN4O7/c1-12(24-16-10-18(32-2)15(23)9-19(16)33-3)21-17(11-20(28)34-4)25-26(22(21)29)13-5-7-14(8-6-13)27(30)31/h5-10,25H,11H2,1-4H3. The molecule has 0 amide bonds. The molecular weight excluding hydrogens is 468 g/mol. The van der Waals surface area contributed by atoms with Gasteiger partial charge >= 0.3 is 5.97 Å². The number of nitro benzene ring substituents is 1. The maximum Gasteiger partial charge on any atom is 0.311 e. The first-order valence-corrected chi connectivity index (χ1v) is 10.2. The summed E-state index contributed by atoms with van der Waals surface area (Å²) in [4.78, 5) is 40.3. The summed E-state index contributed by atoms with van der Waals surface area (Å²) < 4.78 is 16.5. The van der Waals surface area contributed by atoms with Gasteiger partial charge in [0, 0.05) is 24.3 Å². The number of carbonyl (C=O) groups is 1. The molecule has 0 atom stereocenters. The molecule has 0 saturated carbocycles. The van der Waals surface area contributed by atoms with E-state index in [-0.39, 0.29) is 29.1 Å². The summed E-state index contributed by atoms with van der Waals surface area (Å²) in [7, 11) is 4.14.